The minimum Gasteiger partial charge on any atom is -0.507 e. The molecule has 1 N–H and O–H groups in total. The van der Waals surface area contributed by atoms with E-state index in [1.807, 2.05) is 33.8 Å². The van der Waals surface area contributed by atoms with Crippen molar-refractivity contribution in [1.82, 2.24) is 0 Å². The van der Waals surface area contributed by atoms with Gasteiger partial charge in [0.15, 0.2) is 0 Å². The van der Waals surface area contributed by atoms with Crippen molar-refractivity contribution >= 4 is 25.8 Å². The van der Waals surface area contributed by atoms with Gasteiger partial charge in [0, 0.05) is 17.4 Å². The Morgan fingerprint density at radius 2 is 1.86 bits per heavy atom. The van der Waals surface area contributed by atoms with Gasteiger partial charge in [0.05, 0.1) is 18.3 Å². The van der Waals surface area contributed by atoms with Crippen LogP contribution in [0.1, 0.15) is 33.3 Å². The van der Waals surface area contributed by atoms with Crippen LogP contribution >= 0.6 is 12.6 Å². The zero-order valence-corrected chi connectivity index (χ0v) is 14.6. The fourth-order valence-corrected chi connectivity index (χ4v) is 2.40. The Hall–Kier alpha value is -1.11. The Balaban J connectivity index is 2.29. The van der Waals surface area contributed by atoms with E-state index in [9.17, 15) is 5.11 Å². The molecule has 1 saturated heterocycles. The molecule has 1 aliphatic rings. The molecule has 0 spiro atoms. The number of rotatable bonds is 4. The van der Waals surface area contributed by atoms with E-state index in [2.05, 4.69) is 12.6 Å². The SMILES string of the molecule is COc1ccc(C=C(CS)B2OC(C)(C)C(C)(C)O2)c(O)c1. The predicted molar refractivity (Wildman–Crippen MR) is 92.6 cm³/mol. The van der Waals surface area contributed by atoms with Crippen LogP contribution in [0.4, 0.5) is 0 Å². The van der Waals surface area contributed by atoms with Gasteiger partial charge in [-0.3, -0.25) is 0 Å². The second-order valence-corrected chi connectivity index (χ2v) is 6.71. The minimum atomic E-state index is -0.469. The normalized spacial score (nSPS) is 20.3. The van der Waals surface area contributed by atoms with Crippen LogP contribution in [0, 0.1) is 0 Å². The summed E-state index contributed by atoms with van der Waals surface area (Å²) in [6, 6.07) is 5.17. The first-order valence-electron chi connectivity index (χ1n) is 7.24. The van der Waals surface area contributed by atoms with Crippen LogP contribution in [0.5, 0.6) is 11.5 Å². The van der Waals surface area contributed by atoms with Crippen LogP contribution in [-0.4, -0.2) is 36.3 Å². The number of ether oxygens (including phenoxy) is 1. The lowest BCUT2D eigenvalue weighted by Crippen LogP contribution is -2.41. The first kappa shape index (κ1) is 17.3. The maximum Gasteiger partial charge on any atom is 0.491 e. The molecule has 0 atom stereocenters. The number of aromatic hydroxyl groups is 1. The van der Waals surface area contributed by atoms with Crippen molar-refractivity contribution in [3.63, 3.8) is 0 Å². The van der Waals surface area contributed by atoms with E-state index in [0.717, 1.165) is 5.47 Å². The molecule has 0 radical (unpaired) electrons. The number of benzene rings is 1. The summed E-state index contributed by atoms with van der Waals surface area (Å²) in [6.07, 6.45) is 1.85. The largest absolute Gasteiger partial charge is 0.507 e. The summed E-state index contributed by atoms with van der Waals surface area (Å²) in [5.41, 5.74) is 0.741. The van der Waals surface area contributed by atoms with Crippen molar-refractivity contribution < 1.29 is 19.2 Å². The Morgan fingerprint density at radius 3 is 2.32 bits per heavy atom. The molecule has 0 bridgehead atoms. The lowest BCUT2D eigenvalue weighted by molar-refractivity contribution is 0.00578. The van der Waals surface area contributed by atoms with Gasteiger partial charge < -0.3 is 19.2 Å². The van der Waals surface area contributed by atoms with Crippen LogP contribution in [-0.2, 0) is 9.31 Å². The summed E-state index contributed by atoms with van der Waals surface area (Å²) in [5, 5.41) is 10.1. The number of phenols is 1. The molecule has 0 saturated carbocycles. The van der Waals surface area contributed by atoms with Crippen molar-refractivity contribution in [3.8, 4) is 11.5 Å². The number of hydrogen-bond acceptors (Lipinski definition) is 5. The molecular weight excluding hydrogens is 299 g/mol. The van der Waals surface area contributed by atoms with E-state index in [4.69, 9.17) is 14.0 Å². The molecule has 1 fully saturated rings. The highest BCUT2D eigenvalue weighted by atomic mass is 32.1. The van der Waals surface area contributed by atoms with Gasteiger partial charge >= 0.3 is 7.12 Å². The van der Waals surface area contributed by atoms with Gasteiger partial charge in [-0.25, -0.2) is 0 Å². The quantitative estimate of drug-likeness (QED) is 0.659. The molecule has 22 heavy (non-hydrogen) atoms. The lowest BCUT2D eigenvalue weighted by Gasteiger charge is -2.32. The van der Waals surface area contributed by atoms with Crippen molar-refractivity contribution in [3.05, 3.63) is 29.2 Å². The maximum atomic E-state index is 10.1. The molecule has 0 amide bonds. The van der Waals surface area contributed by atoms with E-state index in [0.29, 0.717) is 17.1 Å². The van der Waals surface area contributed by atoms with Gasteiger partial charge in [0.25, 0.3) is 0 Å². The highest BCUT2D eigenvalue weighted by molar-refractivity contribution is 7.80. The fraction of sp³-hybridized carbons (Fsp3) is 0.500. The predicted octanol–water partition coefficient (Wildman–Crippen LogP) is 3.35. The second kappa shape index (κ2) is 6.18. The summed E-state index contributed by atoms with van der Waals surface area (Å²) < 4.78 is 17.1. The van der Waals surface area contributed by atoms with E-state index in [-0.39, 0.29) is 5.75 Å². The lowest BCUT2D eigenvalue weighted by atomic mass is 9.78. The van der Waals surface area contributed by atoms with Gasteiger partial charge in [-0.05, 0) is 45.3 Å². The molecular formula is C16H23BO4S. The van der Waals surface area contributed by atoms with Crippen molar-refractivity contribution in [2.24, 2.45) is 0 Å². The van der Waals surface area contributed by atoms with Gasteiger partial charge in [-0.2, -0.15) is 12.6 Å². The molecule has 1 aromatic rings. The van der Waals surface area contributed by atoms with Gasteiger partial charge in [0.1, 0.15) is 11.5 Å². The highest BCUT2D eigenvalue weighted by Crippen LogP contribution is 2.39. The molecule has 1 aliphatic heterocycles. The van der Waals surface area contributed by atoms with Crippen molar-refractivity contribution in [1.29, 1.82) is 0 Å². The standard InChI is InChI=1S/C16H23BO4S/c1-15(2)16(3,4)21-17(20-15)12(10-22)8-11-6-7-13(19-5)9-14(11)18/h6-9,18,22H,10H2,1-5H3. The maximum absolute atomic E-state index is 10.1. The molecule has 6 heteroatoms. The van der Waals surface area contributed by atoms with E-state index < -0.39 is 18.3 Å². The zero-order valence-electron chi connectivity index (χ0n) is 13.7. The summed E-state index contributed by atoms with van der Waals surface area (Å²) in [6.45, 7) is 8.03. The number of hydrogen-bond donors (Lipinski definition) is 2. The summed E-state index contributed by atoms with van der Waals surface area (Å²) >= 11 is 4.37. The van der Waals surface area contributed by atoms with E-state index >= 15 is 0 Å². The molecule has 1 heterocycles. The molecule has 0 aromatic heterocycles. The Morgan fingerprint density at radius 1 is 1.27 bits per heavy atom. The topological polar surface area (TPSA) is 47.9 Å². The third-order valence-corrected chi connectivity index (χ3v) is 4.68. The fourth-order valence-electron chi connectivity index (χ4n) is 2.15. The third kappa shape index (κ3) is 3.29. The van der Waals surface area contributed by atoms with Gasteiger partial charge in [0.2, 0.25) is 0 Å². The van der Waals surface area contributed by atoms with Gasteiger partial charge in [-0.1, -0.05) is 6.08 Å². The molecule has 0 aliphatic carbocycles. The van der Waals surface area contributed by atoms with Gasteiger partial charge in [-0.15, -0.1) is 0 Å². The first-order chi connectivity index (χ1) is 10.2. The highest BCUT2D eigenvalue weighted by Gasteiger charge is 2.52. The molecule has 0 unspecified atom stereocenters. The third-order valence-electron chi connectivity index (χ3n) is 4.32. The zero-order chi connectivity index (χ0) is 16.5. The monoisotopic (exact) mass is 322 g/mol. The molecule has 2 rings (SSSR count). The summed E-state index contributed by atoms with van der Waals surface area (Å²) in [7, 11) is 1.09. The number of phenolic OH excluding ortho intramolecular Hbond substituents is 1. The first-order valence-corrected chi connectivity index (χ1v) is 7.87. The van der Waals surface area contributed by atoms with E-state index in [1.54, 1.807) is 25.3 Å². The smallest absolute Gasteiger partial charge is 0.491 e. The van der Waals surface area contributed by atoms with Crippen LogP contribution in [0.3, 0.4) is 0 Å². The van der Waals surface area contributed by atoms with Crippen molar-refractivity contribution in [2.45, 2.75) is 38.9 Å². The molecule has 1 aromatic carbocycles. The summed E-state index contributed by atoms with van der Waals surface area (Å²) in [5.74, 6) is 1.23. The molecule has 120 valence electrons. The Labute approximate surface area is 138 Å². The number of thiol groups is 1. The number of methoxy groups -OCH3 is 1. The van der Waals surface area contributed by atoms with Crippen LogP contribution < -0.4 is 4.74 Å². The minimum absolute atomic E-state index is 0.148. The average Bonchev–Trinajstić information content (AvgIpc) is 2.65. The van der Waals surface area contributed by atoms with E-state index in [1.165, 1.54) is 0 Å². The average molecular weight is 322 g/mol. The summed E-state index contributed by atoms with van der Waals surface area (Å²) in [4.78, 5) is 0. The second-order valence-electron chi connectivity index (χ2n) is 6.39. The van der Waals surface area contributed by atoms with Crippen LogP contribution in [0.25, 0.3) is 6.08 Å². The Kier molecular flexibility index (Phi) is 4.85. The van der Waals surface area contributed by atoms with Crippen molar-refractivity contribution in [2.75, 3.05) is 12.9 Å². The Bertz CT molecular complexity index is 568. The van der Waals surface area contributed by atoms with Crippen LogP contribution in [0.15, 0.2) is 23.7 Å². The van der Waals surface area contributed by atoms with Crippen LogP contribution in [0.2, 0.25) is 0 Å². The molecule has 4 nitrogen and oxygen atoms in total.